The van der Waals surface area contributed by atoms with Gasteiger partial charge in [0.1, 0.15) is 0 Å². The molecule has 1 amide bonds. The number of hydrogen-bond donors (Lipinski definition) is 2. The first kappa shape index (κ1) is 15.8. The van der Waals surface area contributed by atoms with Crippen molar-refractivity contribution in [1.29, 1.82) is 0 Å². The Morgan fingerprint density at radius 3 is 2.27 bits per heavy atom. The number of hydrogen-bond acceptors (Lipinski definition) is 3. The zero-order chi connectivity index (χ0) is 16.5. The van der Waals surface area contributed by atoms with E-state index >= 15 is 0 Å². The molecule has 2 aromatic rings. The van der Waals surface area contributed by atoms with Gasteiger partial charge < -0.3 is 10.4 Å². The number of aromatic nitrogens is 2. The van der Waals surface area contributed by atoms with Crippen LogP contribution >= 0.6 is 0 Å². The average Bonchev–Trinajstić information content (AvgIpc) is 2.78. The fraction of sp³-hybridized carbons (Fsp3) is 0.312. The molecule has 0 unspecified atom stereocenters. The Hall–Kier alpha value is -2.63. The molecule has 0 saturated heterocycles. The van der Waals surface area contributed by atoms with E-state index in [4.69, 9.17) is 0 Å². The molecule has 0 aliphatic heterocycles. The number of amides is 1. The van der Waals surface area contributed by atoms with Gasteiger partial charge in [0, 0.05) is 18.9 Å². The molecule has 116 valence electrons. The molecule has 1 heterocycles. The maximum atomic E-state index is 12.2. The Balaban J connectivity index is 2.17. The molecule has 0 atom stereocenters. The first-order valence-electron chi connectivity index (χ1n) is 6.87. The lowest BCUT2D eigenvalue weighted by Crippen LogP contribution is -2.28. The van der Waals surface area contributed by atoms with E-state index < -0.39 is 11.4 Å². The molecule has 0 bridgehead atoms. The standard InChI is InChI=1S/C16H19N3O3/c1-10-13(9-19(4)18-10)14(20)17-12-7-5-11(6-8-12)16(2,3)15(21)22/h5-9H,1-4H3,(H,17,20)(H,21,22). The zero-order valence-electron chi connectivity index (χ0n) is 13.0. The highest BCUT2D eigenvalue weighted by atomic mass is 16.4. The van der Waals surface area contributed by atoms with Gasteiger partial charge in [-0.15, -0.1) is 0 Å². The first-order chi connectivity index (χ1) is 10.2. The summed E-state index contributed by atoms with van der Waals surface area (Å²) >= 11 is 0. The van der Waals surface area contributed by atoms with Gasteiger partial charge in [-0.3, -0.25) is 14.3 Å². The zero-order valence-corrected chi connectivity index (χ0v) is 13.0. The lowest BCUT2D eigenvalue weighted by molar-refractivity contribution is -0.142. The Bertz CT molecular complexity index is 715. The number of aliphatic carboxylic acids is 1. The molecule has 0 aliphatic carbocycles. The summed E-state index contributed by atoms with van der Waals surface area (Å²) in [5, 5.41) is 16.1. The SMILES string of the molecule is Cc1nn(C)cc1C(=O)Nc1ccc(C(C)(C)C(=O)O)cc1. The first-order valence-corrected chi connectivity index (χ1v) is 6.87. The Morgan fingerprint density at radius 1 is 1.23 bits per heavy atom. The minimum Gasteiger partial charge on any atom is -0.481 e. The minimum atomic E-state index is -0.970. The van der Waals surface area contributed by atoms with Gasteiger partial charge >= 0.3 is 5.97 Å². The van der Waals surface area contributed by atoms with Crippen LogP contribution in [0.2, 0.25) is 0 Å². The number of nitrogens with zero attached hydrogens (tertiary/aromatic N) is 2. The van der Waals surface area contributed by atoms with Crippen LogP contribution in [0.3, 0.4) is 0 Å². The fourth-order valence-electron chi connectivity index (χ4n) is 2.11. The van der Waals surface area contributed by atoms with E-state index in [0.717, 1.165) is 0 Å². The van der Waals surface area contributed by atoms with Crippen LogP contribution in [0, 0.1) is 6.92 Å². The van der Waals surface area contributed by atoms with E-state index in [1.54, 1.807) is 63.0 Å². The van der Waals surface area contributed by atoms with Crippen molar-refractivity contribution in [2.24, 2.45) is 7.05 Å². The highest BCUT2D eigenvalue weighted by Gasteiger charge is 2.29. The van der Waals surface area contributed by atoms with Crippen molar-refractivity contribution >= 4 is 17.6 Å². The Kier molecular flexibility index (Phi) is 4.03. The van der Waals surface area contributed by atoms with Gasteiger partial charge in [-0.05, 0) is 38.5 Å². The molecule has 0 fully saturated rings. The quantitative estimate of drug-likeness (QED) is 0.908. The van der Waals surface area contributed by atoms with Crippen molar-refractivity contribution in [3.63, 3.8) is 0 Å². The van der Waals surface area contributed by atoms with E-state index in [9.17, 15) is 14.7 Å². The smallest absolute Gasteiger partial charge is 0.313 e. The molecule has 0 spiro atoms. The van der Waals surface area contributed by atoms with Crippen LogP contribution in [0.25, 0.3) is 0 Å². The van der Waals surface area contributed by atoms with E-state index in [2.05, 4.69) is 10.4 Å². The molecule has 1 aromatic heterocycles. The monoisotopic (exact) mass is 301 g/mol. The number of aryl methyl sites for hydroxylation is 2. The van der Waals surface area contributed by atoms with Crippen LogP contribution in [-0.2, 0) is 17.3 Å². The number of carboxylic acid groups (broad SMARTS) is 1. The third-order valence-corrected chi connectivity index (χ3v) is 3.66. The number of carbonyl (C=O) groups is 2. The summed E-state index contributed by atoms with van der Waals surface area (Å²) < 4.78 is 1.59. The number of anilines is 1. The second kappa shape index (κ2) is 5.63. The number of benzene rings is 1. The average molecular weight is 301 g/mol. The van der Waals surface area contributed by atoms with E-state index in [1.165, 1.54) is 0 Å². The van der Waals surface area contributed by atoms with Crippen molar-refractivity contribution in [1.82, 2.24) is 9.78 Å². The van der Waals surface area contributed by atoms with Gasteiger partial charge in [-0.1, -0.05) is 12.1 Å². The van der Waals surface area contributed by atoms with Gasteiger partial charge in [0.25, 0.3) is 5.91 Å². The summed E-state index contributed by atoms with van der Waals surface area (Å²) in [6.45, 7) is 5.05. The molecule has 2 N–H and O–H groups in total. The molecular formula is C16H19N3O3. The van der Waals surface area contributed by atoms with E-state index in [0.29, 0.717) is 22.5 Å². The van der Waals surface area contributed by atoms with Crippen molar-refractivity contribution in [3.05, 3.63) is 47.3 Å². The lowest BCUT2D eigenvalue weighted by Gasteiger charge is -2.19. The van der Waals surface area contributed by atoms with Crippen LogP contribution in [0.4, 0.5) is 5.69 Å². The summed E-state index contributed by atoms with van der Waals surface area (Å²) in [6.07, 6.45) is 1.66. The number of rotatable bonds is 4. The van der Waals surface area contributed by atoms with Crippen molar-refractivity contribution < 1.29 is 14.7 Å². The Morgan fingerprint density at radius 2 is 1.82 bits per heavy atom. The Labute approximate surface area is 128 Å². The van der Waals surface area contributed by atoms with E-state index in [-0.39, 0.29) is 5.91 Å². The molecule has 2 rings (SSSR count). The summed E-state index contributed by atoms with van der Waals surface area (Å²) in [4.78, 5) is 23.4. The molecular weight excluding hydrogens is 282 g/mol. The predicted molar refractivity (Wildman–Crippen MR) is 83.0 cm³/mol. The summed E-state index contributed by atoms with van der Waals surface area (Å²) in [6, 6.07) is 6.81. The molecule has 0 aliphatic rings. The maximum absolute atomic E-state index is 12.2. The highest BCUT2D eigenvalue weighted by molar-refractivity contribution is 6.04. The normalized spacial score (nSPS) is 11.3. The largest absolute Gasteiger partial charge is 0.481 e. The van der Waals surface area contributed by atoms with Gasteiger partial charge in [0.05, 0.1) is 16.7 Å². The van der Waals surface area contributed by atoms with Crippen LogP contribution in [0.15, 0.2) is 30.5 Å². The van der Waals surface area contributed by atoms with E-state index in [1.807, 2.05) is 0 Å². The summed E-state index contributed by atoms with van der Waals surface area (Å²) in [5.41, 5.74) is 1.48. The summed E-state index contributed by atoms with van der Waals surface area (Å²) in [5.74, 6) is -1.13. The second-order valence-corrected chi connectivity index (χ2v) is 5.76. The molecule has 0 saturated carbocycles. The van der Waals surface area contributed by atoms with Crippen molar-refractivity contribution in [3.8, 4) is 0 Å². The van der Waals surface area contributed by atoms with Crippen molar-refractivity contribution in [2.45, 2.75) is 26.2 Å². The minimum absolute atomic E-state index is 0.240. The van der Waals surface area contributed by atoms with Crippen LogP contribution < -0.4 is 5.32 Å². The number of carboxylic acids is 1. The lowest BCUT2D eigenvalue weighted by atomic mass is 9.85. The van der Waals surface area contributed by atoms with Crippen LogP contribution in [-0.4, -0.2) is 26.8 Å². The van der Waals surface area contributed by atoms with Crippen molar-refractivity contribution in [2.75, 3.05) is 5.32 Å². The predicted octanol–water partition coefficient (Wildman–Crippen LogP) is 2.34. The van der Waals surface area contributed by atoms with Gasteiger partial charge in [-0.2, -0.15) is 5.10 Å². The van der Waals surface area contributed by atoms with Crippen LogP contribution in [0.1, 0.15) is 35.5 Å². The summed E-state index contributed by atoms with van der Waals surface area (Å²) in [7, 11) is 1.76. The van der Waals surface area contributed by atoms with Gasteiger partial charge in [0.15, 0.2) is 0 Å². The van der Waals surface area contributed by atoms with Crippen LogP contribution in [0.5, 0.6) is 0 Å². The second-order valence-electron chi connectivity index (χ2n) is 5.76. The molecule has 6 heteroatoms. The molecule has 22 heavy (non-hydrogen) atoms. The third kappa shape index (κ3) is 3.00. The van der Waals surface area contributed by atoms with Gasteiger partial charge in [0.2, 0.25) is 0 Å². The molecule has 6 nitrogen and oxygen atoms in total. The molecule has 0 radical (unpaired) electrons. The third-order valence-electron chi connectivity index (χ3n) is 3.66. The number of carbonyl (C=O) groups excluding carboxylic acids is 1. The molecule has 1 aromatic carbocycles. The van der Waals surface area contributed by atoms with Gasteiger partial charge in [-0.25, -0.2) is 0 Å². The maximum Gasteiger partial charge on any atom is 0.313 e. The topological polar surface area (TPSA) is 84.2 Å². The fourth-order valence-corrected chi connectivity index (χ4v) is 2.11. The highest BCUT2D eigenvalue weighted by Crippen LogP contribution is 2.25. The number of nitrogens with one attached hydrogen (secondary N) is 1.